The van der Waals surface area contributed by atoms with Crippen LogP contribution in [0.1, 0.15) is 24.8 Å². The van der Waals surface area contributed by atoms with Crippen molar-refractivity contribution in [1.29, 1.82) is 0 Å². The molecule has 5 heteroatoms. The van der Waals surface area contributed by atoms with Gasteiger partial charge in [0.1, 0.15) is 5.84 Å². The number of ether oxygens (including phenoxy) is 1. The molecule has 0 aliphatic rings. The Morgan fingerprint density at radius 3 is 3.00 bits per heavy atom. The summed E-state index contributed by atoms with van der Waals surface area (Å²) >= 11 is 0. The van der Waals surface area contributed by atoms with E-state index < -0.39 is 0 Å². The second-order valence-corrected chi connectivity index (χ2v) is 4.11. The van der Waals surface area contributed by atoms with Gasteiger partial charge in [0.05, 0.1) is 6.61 Å². The van der Waals surface area contributed by atoms with Crippen LogP contribution in [-0.2, 0) is 11.3 Å². The predicted octanol–water partition coefficient (Wildman–Crippen LogP) is 2.16. The number of anilines is 1. The van der Waals surface area contributed by atoms with Crippen molar-refractivity contribution in [3.8, 4) is 0 Å². The predicted molar refractivity (Wildman–Crippen MR) is 72.9 cm³/mol. The van der Waals surface area contributed by atoms with Crippen molar-refractivity contribution in [3.05, 3.63) is 29.8 Å². The van der Waals surface area contributed by atoms with Crippen LogP contribution in [0.5, 0.6) is 0 Å². The van der Waals surface area contributed by atoms with E-state index in [9.17, 15) is 0 Å². The number of nitrogens with zero attached hydrogens (tertiary/aromatic N) is 1. The van der Waals surface area contributed by atoms with Crippen molar-refractivity contribution in [2.45, 2.75) is 25.9 Å². The minimum Gasteiger partial charge on any atom is -0.409 e. The second kappa shape index (κ2) is 8.36. The fourth-order valence-electron chi connectivity index (χ4n) is 1.65. The molecule has 0 heterocycles. The van der Waals surface area contributed by atoms with Crippen molar-refractivity contribution in [1.82, 2.24) is 0 Å². The third-order valence-corrected chi connectivity index (χ3v) is 2.56. The van der Waals surface area contributed by atoms with Crippen LogP contribution in [0.25, 0.3) is 0 Å². The van der Waals surface area contributed by atoms with Crippen LogP contribution >= 0.6 is 0 Å². The lowest BCUT2D eigenvalue weighted by Gasteiger charge is -2.08. The van der Waals surface area contributed by atoms with Crippen molar-refractivity contribution in [2.24, 2.45) is 10.9 Å². The van der Waals surface area contributed by atoms with E-state index in [2.05, 4.69) is 16.5 Å². The third kappa shape index (κ3) is 5.54. The van der Waals surface area contributed by atoms with E-state index in [1.165, 1.54) is 0 Å². The number of nitrogens with one attached hydrogen (secondary N) is 1. The van der Waals surface area contributed by atoms with Crippen molar-refractivity contribution in [3.63, 3.8) is 0 Å². The molecule has 0 spiro atoms. The molecule has 1 aromatic rings. The molecule has 18 heavy (non-hydrogen) atoms. The van der Waals surface area contributed by atoms with Gasteiger partial charge in [0.25, 0.3) is 0 Å². The Labute approximate surface area is 108 Å². The summed E-state index contributed by atoms with van der Waals surface area (Å²) in [6, 6.07) is 8.15. The SMILES string of the molecule is COCc1cccc(NCCCCC(N)=NO)c1. The molecule has 0 saturated carbocycles. The zero-order valence-electron chi connectivity index (χ0n) is 10.7. The van der Waals surface area contributed by atoms with Crippen LogP contribution < -0.4 is 11.1 Å². The van der Waals surface area contributed by atoms with E-state index in [1.807, 2.05) is 18.2 Å². The molecule has 1 aromatic carbocycles. The Morgan fingerprint density at radius 2 is 2.28 bits per heavy atom. The molecule has 0 radical (unpaired) electrons. The third-order valence-electron chi connectivity index (χ3n) is 2.56. The van der Waals surface area contributed by atoms with Crippen LogP contribution in [0, 0.1) is 0 Å². The molecule has 4 N–H and O–H groups in total. The van der Waals surface area contributed by atoms with Gasteiger partial charge >= 0.3 is 0 Å². The van der Waals surface area contributed by atoms with Gasteiger partial charge < -0.3 is 21.0 Å². The highest BCUT2D eigenvalue weighted by Crippen LogP contribution is 2.11. The molecular weight excluding hydrogens is 230 g/mol. The minimum atomic E-state index is 0.289. The van der Waals surface area contributed by atoms with E-state index in [-0.39, 0.29) is 5.84 Å². The summed E-state index contributed by atoms with van der Waals surface area (Å²) in [6.07, 6.45) is 2.51. The molecule has 0 aliphatic carbocycles. The van der Waals surface area contributed by atoms with Gasteiger partial charge in [-0.3, -0.25) is 0 Å². The van der Waals surface area contributed by atoms with E-state index >= 15 is 0 Å². The number of amidine groups is 1. The lowest BCUT2D eigenvalue weighted by molar-refractivity contribution is 0.185. The number of benzene rings is 1. The van der Waals surface area contributed by atoms with Gasteiger partial charge in [-0.15, -0.1) is 0 Å². The molecule has 100 valence electrons. The average molecular weight is 251 g/mol. The molecule has 5 nitrogen and oxygen atoms in total. The molecule has 0 unspecified atom stereocenters. The average Bonchev–Trinajstić information content (AvgIpc) is 2.39. The van der Waals surface area contributed by atoms with E-state index in [4.69, 9.17) is 15.7 Å². The zero-order valence-corrected chi connectivity index (χ0v) is 10.7. The van der Waals surface area contributed by atoms with Crippen LogP contribution in [0.2, 0.25) is 0 Å². The van der Waals surface area contributed by atoms with E-state index in [0.29, 0.717) is 13.0 Å². The van der Waals surface area contributed by atoms with Gasteiger partial charge in [0.15, 0.2) is 0 Å². The van der Waals surface area contributed by atoms with Crippen LogP contribution in [-0.4, -0.2) is 24.7 Å². The molecule has 1 rings (SSSR count). The number of unbranched alkanes of at least 4 members (excludes halogenated alkanes) is 1. The first-order valence-corrected chi connectivity index (χ1v) is 6.04. The zero-order chi connectivity index (χ0) is 13.2. The monoisotopic (exact) mass is 251 g/mol. The highest BCUT2D eigenvalue weighted by Gasteiger charge is 1.96. The summed E-state index contributed by atoms with van der Waals surface area (Å²) in [7, 11) is 1.69. The molecule has 0 aliphatic heterocycles. The Kier molecular flexibility index (Phi) is 6.64. The summed E-state index contributed by atoms with van der Waals surface area (Å²) < 4.78 is 5.09. The minimum absolute atomic E-state index is 0.289. The first kappa shape index (κ1) is 14.3. The summed E-state index contributed by atoms with van der Waals surface area (Å²) in [5.74, 6) is 0.289. The lowest BCUT2D eigenvalue weighted by atomic mass is 10.2. The number of hydrogen-bond acceptors (Lipinski definition) is 4. The van der Waals surface area contributed by atoms with E-state index in [1.54, 1.807) is 7.11 Å². The normalized spacial score (nSPS) is 11.5. The molecule has 0 amide bonds. The largest absolute Gasteiger partial charge is 0.409 e. The maximum Gasteiger partial charge on any atom is 0.139 e. The Balaban J connectivity index is 2.24. The lowest BCUT2D eigenvalue weighted by Crippen LogP contribution is -2.11. The van der Waals surface area contributed by atoms with Gasteiger partial charge in [0.2, 0.25) is 0 Å². The van der Waals surface area contributed by atoms with Gasteiger partial charge in [-0.2, -0.15) is 0 Å². The van der Waals surface area contributed by atoms with Crippen LogP contribution in [0.3, 0.4) is 0 Å². The molecule has 0 bridgehead atoms. The van der Waals surface area contributed by atoms with E-state index in [0.717, 1.165) is 30.6 Å². The number of hydrogen-bond donors (Lipinski definition) is 3. The maximum absolute atomic E-state index is 8.39. The molecule has 0 saturated heterocycles. The number of nitrogens with two attached hydrogens (primary N) is 1. The summed E-state index contributed by atoms with van der Waals surface area (Å²) in [4.78, 5) is 0. The molecule has 0 fully saturated rings. The maximum atomic E-state index is 8.39. The second-order valence-electron chi connectivity index (χ2n) is 4.11. The molecule has 0 atom stereocenters. The van der Waals surface area contributed by atoms with Crippen molar-refractivity contribution >= 4 is 11.5 Å². The van der Waals surface area contributed by atoms with Gasteiger partial charge in [-0.05, 0) is 30.5 Å². The summed E-state index contributed by atoms with van der Waals surface area (Å²) in [5, 5.41) is 14.7. The van der Waals surface area contributed by atoms with Gasteiger partial charge in [-0.1, -0.05) is 17.3 Å². The Bertz CT molecular complexity index is 380. The standard InChI is InChI=1S/C13H21N3O2/c1-18-10-11-5-4-6-12(9-11)15-8-3-2-7-13(14)16-17/h4-6,9,15,17H,2-3,7-8,10H2,1H3,(H2,14,16). The highest BCUT2D eigenvalue weighted by molar-refractivity contribution is 5.79. The van der Waals surface area contributed by atoms with Crippen molar-refractivity contribution in [2.75, 3.05) is 19.0 Å². The summed E-state index contributed by atoms with van der Waals surface area (Å²) in [6.45, 7) is 1.49. The molecular formula is C13H21N3O2. The quantitative estimate of drug-likeness (QED) is 0.217. The molecule has 0 aromatic heterocycles. The van der Waals surface area contributed by atoms with Gasteiger partial charge in [0, 0.05) is 25.8 Å². The Hall–Kier alpha value is -1.75. The smallest absolute Gasteiger partial charge is 0.139 e. The topological polar surface area (TPSA) is 79.9 Å². The number of methoxy groups -OCH3 is 1. The van der Waals surface area contributed by atoms with Gasteiger partial charge in [-0.25, -0.2) is 0 Å². The number of oxime groups is 1. The van der Waals surface area contributed by atoms with Crippen molar-refractivity contribution < 1.29 is 9.94 Å². The van der Waals surface area contributed by atoms with Crippen LogP contribution in [0.15, 0.2) is 29.4 Å². The Morgan fingerprint density at radius 1 is 1.44 bits per heavy atom. The number of rotatable bonds is 8. The fourth-order valence-corrected chi connectivity index (χ4v) is 1.65. The highest BCUT2D eigenvalue weighted by atomic mass is 16.5. The fraction of sp³-hybridized carbons (Fsp3) is 0.462. The first-order valence-electron chi connectivity index (χ1n) is 6.04. The summed E-state index contributed by atoms with van der Waals surface area (Å²) in [5.41, 5.74) is 7.63. The van der Waals surface area contributed by atoms with Crippen LogP contribution in [0.4, 0.5) is 5.69 Å². The first-order chi connectivity index (χ1) is 8.76.